The Morgan fingerprint density at radius 3 is 2.26 bits per heavy atom. The summed E-state index contributed by atoms with van der Waals surface area (Å²) in [6.07, 6.45) is -9.21. The van der Waals surface area contributed by atoms with Crippen LogP contribution in [0.4, 0.5) is 37.7 Å². The molecule has 130 valence electrons. The van der Waals surface area contributed by atoms with Gasteiger partial charge < -0.3 is 15.0 Å². The topological polar surface area (TPSA) is 41.6 Å². The van der Waals surface area contributed by atoms with Gasteiger partial charge in [-0.1, -0.05) is 0 Å². The van der Waals surface area contributed by atoms with Crippen molar-refractivity contribution >= 4 is 17.3 Å². The van der Waals surface area contributed by atoms with Gasteiger partial charge in [0, 0.05) is 14.1 Å². The van der Waals surface area contributed by atoms with Crippen molar-refractivity contribution in [2.75, 3.05) is 37.5 Å². The van der Waals surface area contributed by atoms with Crippen molar-refractivity contribution in [1.29, 1.82) is 0 Å². The van der Waals surface area contributed by atoms with Crippen LogP contribution in [-0.2, 0) is 15.7 Å². The first-order valence-corrected chi connectivity index (χ1v) is 6.23. The summed E-state index contributed by atoms with van der Waals surface area (Å²) in [7, 11) is 3.08. The van der Waals surface area contributed by atoms with Crippen LogP contribution in [0.1, 0.15) is 5.56 Å². The third kappa shape index (κ3) is 6.35. The first-order valence-electron chi connectivity index (χ1n) is 6.23. The predicted molar refractivity (Wildman–Crippen MR) is 71.3 cm³/mol. The molecule has 0 aromatic heterocycles. The van der Waals surface area contributed by atoms with Gasteiger partial charge in [0.15, 0.2) is 0 Å². The lowest BCUT2D eigenvalue weighted by atomic mass is 10.1. The number of rotatable bonds is 5. The maximum absolute atomic E-state index is 12.7. The minimum absolute atomic E-state index is 0.176. The average Bonchev–Trinajstić information content (AvgIpc) is 2.35. The molecular weight excluding hydrogens is 330 g/mol. The smallest absolute Gasteiger partial charge is 0.376 e. The SMILES string of the molecule is CN(C)c1ccc(C(F)(F)F)cc1NC(=O)COCC(F)(F)F. The highest BCUT2D eigenvalue weighted by Gasteiger charge is 2.31. The van der Waals surface area contributed by atoms with E-state index in [0.717, 1.165) is 12.1 Å². The lowest BCUT2D eigenvalue weighted by Gasteiger charge is -2.20. The zero-order chi connectivity index (χ0) is 17.8. The van der Waals surface area contributed by atoms with E-state index < -0.39 is 37.0 Å². The Kier molecular flexibility index (Phi) is 5.86. The van der Waals surface area contributed by atoms with Gasteiger partial charge in [0.05, 0.1) is 16.9 Å². The van der Waals surface area contributed by atoms with Crippen molar-refractivity contribution in [2.24, 2.45) is 0 Å². The van der Waals surface area contributed by atoms with Crippen LogP contribution < -0.4 is 10.2 Å². The van der Waals surface area contributed by atoms with E-state index in [1.54, 1.807) is 14.1 Å². The molecule has 0 atom stereocenters. The zero-order valence-corrected chi connectivity index (χ0v) is 12.2. The Labute approximate surface area is 128 Å². The molecule has 0 radical (unpaired) electrons. The molecule has 0 heterocycles. The van der Waals surface area contributed by atoms with Crippen LogP contribution in [0.2, 0.25) is 0 Å². The summed E-state index contributed by atoms with van der Waals surface area (Å²) in [6.45, 7) is -2.55. The fourth-order valence-corrected chi connectivity index (χ4v) is 1.65. The number of ether oxygens (including phenoxy) is 1. The van der Waals surface area contributed by atoms with Crippen LogP contribution in [0.15, 0.2) is 18.2 Å². The molecule has 4 nitrogen and oxygen atoms in total. The van der Waals surface area contributed by atoms with Crippen LogP contribution in [0.3, 0.4) is 0 Å². The number of carbonyl (C=O) groups is 1. The quantitative estimate of drug-likeness (QED) is 0.834. The summed E-state index contributed by atoms with van der Waals surface area (Å²) in [4.78, 5) is 13.0. The van der Waals surface area contributed by atoms with E-state index in [0.29, 0.717) is 6.07 Å². The molecule has 0 aliphatic heterocycles. The van der Waals surface area contributed by atoms with Gasteiger partial charge in [-0.2, -0.15) is 26.3 Å². The second-order valence-corrected chi connectivity index (χ2v) is 4.78. The minimum Gasteiger partial charge on any atom is -0.376 e. The van der Waals surface area contributed by atoms with E-state index in [1.807, 2.05) is 0 Å². The van der Waals surface area contributed by atoms with Crippen LogP contribution >= 0.6 is 0 Å². The standard InChI is InChI=1S/C13H14F6N2O2/c1-21(2)10-4-3-8(13(17,18)19)5-9(10)20-11(22)6-23-7-12(14,15)16/h3-5H,6-7H2,1-2H3,(H,20,22). The number of hydrogen-bond donors (Lipinski definition) is 1. The van der Waals surface area contributed by atoms with Gasteiger partial charge in [0.25, 0.3) is 0 Å². The Balaban J connectivity index is 2.86. The van der Waals surface area contributed by atoms with Crippen molar-refractivity contribution in [1.82, 2.24) is 0 Å². The number of nitrogens with zero attached hydrogens (tertiary/aromatic N) is 1. The molecule has 10 heteroatoms. The van der Waals surface area contributed by atoms with Crippen molar-refractivity contribution in [2.45, 2.75) is 12.4 Å². The van der Waals surface area contributed by atoms with E-state index in [9.17, 15) is 31.1 Å². The fourth-order valence-electron chi connectivity index (χ4n) is 1.65. The summed E-state index contributed by atoms with van der Waals surface area (Å²) in [5.41, 5.74) is -0.901. The number of benzene rings is 1. The van der Waals surface area contributed by atoms with Gasteiger partial charge in [-0.05, 0) is 18.2 Å². The van der Waals surface area contributed by atoms with Crippen molar-refractivity contribution < 1.29 is 35.9 Å². The third-order valence-electron chi connectivity index (χ3n) is 2.58. The normalized spacial score (nSPS) is 12.2. The number of halogens is 6. The average molecular weight is 344 g/mol. The van der Waals surface area contributed by atoms with Gasteiger partial charge >= 0.3 is 12.4 Å². The van der Waals surface area contributed by atoms with Crippen molar-refractivity contribution in [3.05, 3.63) is 23.8 Å². The molecule has 1 rings (SSSR count). The summed E-state index contributed by atoms with van der Waals surface area (Å²) in [6, 6.07) is 2.69. The predicted octanol–water partition coefficient (Wildman–Crippen LogP) is 3.29. The van der Waals surface area contributed by atoms with Crippen LogP contribution in [0, 0.1) is 0 Å². The lowest BCUT2D eigenvalue weighted by molar-refractivity contribution is -0.174. The Morgan fingerprint density at radius 2 is 1.78 bits per heavy atom. The minimum atomic E-state index is -4.61. The molecule has 1 N–H and O–H groups in total. The van der Waals surface area contributed by atoms with E-state index in [2.05, 4.69) is 10.1 Å². The maximum Gasteiger partial charge on any atom is 0.416 e. The number of anilines is 2. The monoisotopic (exact) mass is 344 g/mol. The summed E-state index contributed by atoms with van der Waals surface area (Å²) >= 11 is 0. The Hall–Kier alpha value is -1.97. The first kappa shape index (κ1) is 19.1. The number of hydrogen-bond acceptors (Lipinski definition) is 3. The van der Waals surface area contributed by atoms with Crippen molar-refractivity contribution in [3.8, 4) is 0 Å². The molecule has 1 aromatic rings. The second-order valence-electron chi connectivity index (χ2n) is 4.78. The Morgan fingerprint density at radius 1 is 1.17 bits per heavy atom. The molecule has 23 heavy (non-hydrogen) atoms. The van der Waals surface area contributed by atoms with E-state index in [1.165, 1.54) is 4.90 Å². The van der Waals surface area contributed by atoms with Gasteiger partial charge in [-0.25, -0.2) is 0 Å². The largest absolute Gasteiger partial charge is 0.416 e. The van der Waals surface area contributed by atoms with E-state index in [-0.39, 0.29) is 11.4 Å². The molecule has 0 aliphatic carbocycles. The molecule has 0 bridgehead atoms. The maximum atomic E-state index is 12.7. The molecule has 0 unspecified atom stereocenters. The highest BCUT2D eigenvalue weighted by atomic mass is 19.4. The lowest BCUT2D eigenvalue weighted by Crippen LogP contribution is -2.25. The fraction of sp³-hybridized carbons (Fsp3) is 0.462. The third-order valence-corrected chi connectivity index (χ3v) is 2.58. The van der Waals surface area contributed by atoms with Crippen LogP contribution in [0.25, 0.3) is 0 Å². The van der Waals surface area contributed by atoms with Crippen LogP contribution in [0.5, 0.6) is 0 Å². The number of alkyl halides is 6. The Bertz CT molecular complexity index is 554. The van der Waals surface area contributed by atoms with Gasteiger partial charge in [0.1, 0.15) is 13.2 Å². The molecule has 0 aliphatic rings. The second kappa shape index (κ2) is 7.07. The van der Waals surface area contributed by atoms with Gasteiger partial charge in [-0.3, -0.25) is 4.79 Å². The molecular formula is C13H14F6N2O2. The van der Waals surface area contributed by atoms with E-state index >= 15 is 0 Å². The number of carbonyl (C=O) groups excluding carboxylic acids is 1. The molecule has 0 saturated heterocycles. The highest BCUT2D eigenvalue weighted by Crippen LogP contribution is 2.34. The number of amides is 1. The zero-order valence-electron chi connectivity index (χ0n) is 12.2. The highest BCUT2D eigenvalue weighted by molar-refractivity contribution is 5.95. The number of nitrogens with one attached hydrogen (secondary N) is 1. The van der Waals surface area contributed by atoms with Crippen molar-refractivity contribution in [3.63, 3.8) is 0 Å². The van der Waals surface area contributed by atoms with Gasteiger partial charge in [-0.15, -0.1) is 0 Å². The summed E-state index contributed by atoms with van der Waals surface area (Å²) < 4.78 is 77.9. The summed E-state index contributed by atoms with van der Waals surface area (Å²) in [5.74, 6) is -0.989. The molecule has 1 amide bonds. The molecule has 0 fully saturated rings. The first-order chi connectivity index (χ1) is 10.4. The molecule has 0 saturated carbocycles. The molecule has 0 spiro atoms. The van der Waals surface area contributed by atoms with E-state index in [4.69, 9.17) is 0 Å². The van der Waals surface area contributed by atoms with Crippen LogP contribution in [-0.4, -0.2) is 39.4 Å². The summed E-state index contributed by atoms with van der Waals surface area (Å²) in [5, 5.41) is 2.12. The molecule has 1 aromatic carbocycles. The van der Waals surface area contributed by atoms with Gasteiger partial charge in [0.2, 0.25) is 5.91 Å².